The van der Waals surface area contributed by atoms with Crippen molar-refractivity contribution in [1.29, 1.82) is 0 Å². The van der Waals surface area contributed by atoms with E-state index in [9.17, 15) is 19.5 Å². The molecule has 152 valence electrons. The molecule has 3 atom stereocenters. The van der Waals surface area contributed by atoms with Crippen LogP contribution in [0.4, 0.5) is 10.5 Å². The van der Waals surface area contributed by atoms with Crippen LogP contribution in [0.2, 0.25) is 0 Å². The van der Waals surface area contributed by atoms with Crippen molar-refractivity contribution in [3.05, 3.63) is 29.8 Å². The van der Waals surface area contributed by atoms with Gasteiger partial charge in [-0.05, 0) is 62.8 Å². The third-order valence-electron chi connectivity index (χ3n) is 5.74. The van der Waals surface area contributed by atoms with E-state index < -0.39 is 11.9 Å². The first-order chi connectivity index (χ1) is 13.3. The van der Waals surface area contributed by atoms with Gasteiger partial charge < -0.3 is 20.2 Å². The number of nitrogens with zero attached hydrogens (tertiary/aromatic N) is 2. The smallest absolute Gasteiger partial charge is 0.321 e. The van der Waals surface area contributed by atoms with E-state index in [4.69, 9.17) is 0 Å². The Labute approximate surface area is 165 Å². The minimum absolute atomic E-state index is 0.0271. The number of nitrogens with one attached hydrogen (secondary N) is 1. The second-order valence-corrected chi connectivity index (χ2v) is 8.13. The van der Waals surface area contributed by atoms with Gasteiger partial charge in [-0.3, -0.25) is 9.59 Å². The monoisotopic (exact) mass is 387 g/mol. The Morgan fingerprint density at radius 1 is 1.07 bits per heavy atom. The Kier molecular flexibility index (Phi) is 6.21. The average Bonchev–Trinajstić information content (AvgIpc) is 2.68. The van der Waals surface area contributed by atoms with Crippen molar-refractivity contribution in [2.24, 2.45) is 11.8 Å². The summed E-state index contributed by atoms with van der Waals surface area (Å²) in [5.41, 5.74) is 1.21. The Hall–Kier alpha value is -2.57. The average molecular weight is 387 g/mol. The number of urea groups is 1. The van der Waals surface area contributed by atoms with Crippen LogP contribution in [-0.2, 0) is 4.79 Å². The van der Waals surface area contributed by atoms with Gasteiger partial charge in [0.25, 0.3) is 5.91 Å². The highest BCUT2D eigenvalue weighted by Crippen LogP contribution is 2.23. The lowest BCUT2D eigenvalue weighted by molar-refractivity contribution is -0.143. The van der Waals surface area contributed by atoms with Crippen LogP contribution in [-0.4, -0.2) is 58.5 Å². The number of piperidine rings is 2. The van der Waals surface area contributed by atoms with E-state index in [0.29, 0.717) is 24.2 Å². The molecule has 0 spiro atoms. The maximum absolute atomic E-state index is 12.7. The molecule has 3 amide bonds. The van der Waals surface area contributed by atoms with Crippen molar-refractivity contribution in [1.82, 2.24) is 9.80 Å². The van der Waals surface area contributed by atoms with Crippen LogP contribution in [0.15, 0.2) is 24.3 Å². The van der Waals surface area contributed by atoms with Gasteiger partial charge in [0.15, 0.2) is 0 Å². The van der Waals surface area contributed by atoms with Crippen LogP contribution in [0.3, 0.4) is 0 Å². The number of aliphatic carboxylic acids is 1. The number of carbonyl (C=O) groups is 3. The summed E-state index contributed by atoms with van der Waals surface area (Å²) in [6.45, 7) is 5.58. The molecule has 28 heavy (non-hydrogen) atoms. The number of anilines is 1. The zero-order valence-electron chi connectivity index (χ0n) is 16.6. The number of rotatable bonds is 3. The molecule has 7 heteroatoms. The molecule has 7 nitrogen and oxygen atoms in total. The summed E-state index contributed by atoms with van der Waals surface area (Å²) in [5, 5.41) is 12.1. The Morgan fingerprint density at radius 2 is 1.79 bits per heavy atom. The number of hydrogen-bond donors (Lipinski definition) is 2. The highest BCUT2D eigenvalue weighted by molar-refractivity contribution is 5.96. The lowest BCUT2D eigenvalue weighted by atomic mass is 9.91. The molecule has 0 saturated carbocycles. The summed E-state index contributed by atoms with van der Waals surface area (Å²) in [6, 6.07) is 6.87. The zero-order chi connectivity index (χ0) is 20.3. The van der Waals surface area contributed by atoms with Crippen LogP contribution in [0.25, 0.3) is 0 Å². The summed E-state index contributed by atoms with van der Waals surface area (Å²) < 4.78 is 0. The number of carboxylic acid groups (broad SMARTS) is 1. The SMILES string of the molecule is CC1CC(C(=O)O)CN(C(=O)Nc2ccc(C(=O)N3CCCCC3C)cc2)C1. The molecule has 2 fully saturated rings. The van der Waals surface area contributed by atoms with Gasteiger partial charge in [0, 0.05) is 36.9 Å². The number of benzene rings is 1. The predicted molar refractivity (Wildman–Crippen MR) is 106 cm³/mol. The highest BCUT2D eigenvalue weighted by atomic mass is 16.4. The van der Waals surface area contributed by atoms with E-state index >= 15 is 0 Å². The van der Waals surface area contributed by atoms with Crippen LogP contribution in [0, 0.1) is 11.8 Å². The maximum Gasteiger partial charge on any atom is 0.321 e. The molecule has 0 aromatic heterocycles. The molecule has 1 aromatic carbocycles. The number of carbonyl (C=O) groups excluding carboxylic acids is 2. The molecular formula is C21H29N3O4. The summed E-state index contributed by atoms with van der Waals surface area (Å²) in [6.07, 6.45) is 3.82. The molecule has 0 radical (unpaired) electrons. The summed E-state index contributed by atoms with van der Waals surface area (Å²) in [4.78, 5) is 40.0. The largest absolute Gasteiger partial charge is 0.481 e. The zero-order valence-corrected chi connectivity index (χ0v) is 16.6. The Morgan fingerprint density at radius 3 is 2.43 bits per heavy atom. The molecular weight excluding hydrogens is 358 g/mol. The van der Waals surface area contributed by atoms with Crippen molar-refractivity contribution in [2.75, 3.05) is 25.0 Å². The van der Waals surface area contributed by atoms with E-state index in [1.165, 1.54) is 0 Å². The maximum atomic E-state index is 12.7. The summed E-state index contributed by atoms with van der Waals surface area (Å²) in [7, 11) is 0. The van der Waals surface area contributed by atoms with Gasteiger partial charge in [-0.15, -0.1) is 0 Å². The van der Waals surface area contributed by atoms with Gasteiger partial charge in [-0.1, -0.05) is 6.92 Å². The van der Waals surface area contributed by atoms with E-state index in [2.05, 4.69) is 12.2 Å². The molecule has 2 heterocycles. The quantitative estimate of drug-likeness (QED) is 0.833. The number of hydrogen-bond acceptors (Lipinski definition) is 3. The third-order valence-corrected chi connectivity index (χ3v) is 5.74. The first-order valence-corrected chi connectivity index (χ1v) is 10.0. The van der Waals surface area contributed by atoms with Gasteiger partial charge in [-0.25, -0.2) is 4.79 Å². The molecule has 1 aromatic rings. The van der Waals surface area contributed by atoms with Crippen LogP contribution in [0.1, 0.15) is 49.9 Å². The molecule has 2 aliphatic rings. The van der Waals surface area contributed by atoms with E-state index in [0.717, 1.165) is 25.8 Å². The van der Waals surface area contributed by atoms with Gasteiger partial charge in [0.05, 0.1) is 5.92 Å². The topological polar surface area (TPSA) is 90.0 Å². The lowest BCUT2D eigenvalue weighted by Crippen LogP contribution is -2.47. The fraction of sp³-hybridized carbons (Fsp3) is 0.571. The number of amides is 3. The van der Waals surface area contributed by atoms with Crippen LogP contribution < -0.4 is 5.32 Å². The van der Waals surface area contributed by atoms with Crippen molar-refractivity contribution >= 4 is 23.6 Å². The van der Waals surface area contributed by atoms with Crippen molar-refractivity contribution in [2.45, 2.75) is 45.6 Å². The molecule has 0 aliphatic carbocycles. The Bertz CT molecular complexity index is 734. The molecule has 2 N–H and O–H groups in total. The van der Waals surface area contributed by atoms with Crippen molar-refractivity contribution in [3.63, 3.8) is 0 Å². The second kappa shape index (κ2) is 8.63. The lowest BCUT2D eigenvalue weighted by Gasteiger charge is -2.34. The van der Waals surface area contributed by atoms with Gasteiger partial charge in [-0.2, -0.15) is 0 Å². The standard InChI is InChI=1S/C21H29N3O4/c1-14-11-17(20(26)27)13-23(12-14)21(28)22-18-8-6-16(7-9-18)19(25)24-10-4-3-5-15(24)2/h6-9,14-15,17H,3-5,10-13H2,1-2H3,(H,22,28)(H,26,27). The highest BCUT2D eigenvalue weighted by Gasteiger charge is 2.32. The van der Waals surface area contributed by atoms with Gasteiger partial charge in [0.1, 0.15) is 0 Å². The third kappa shape index (κ3) is 4.64. The first kappa shape index (κ1) is 20.2. The van der Waals surface area contributed by atoms with Crippen LogP contribution in [0.5, 0.6) is 0 Å². The van der Waals surface area contributed by atoms with Gasteiger partial charge in [0.2, 0.25) is 0 Å². The minimum atomic E-state index is -0.862. The molecule has 2 saturated heterocycles. The van der Waals surface area contributed by atoms with E-state index in [1.54, 1.807) is 29.2 Å². The predicted octanol–water partition coefficient (Wildman–Crippen LogP) is 3.28. The van der Waals surface area contributed by atoms with Crippen molar-refractivity contribution in [3.8, 4) is 0 Å². The number of carboxylic acids is 1. The molecule has 3 rings (SSSR count). The summed E-state index contributed by atoms with van der Waals surface area (Å²) in [5.74, 6) is -1.22. The fourth-order valence-corrected chi connectivity index (χ4v) is 4.16. The fourth-order valence-electron chi connectivity index (χ4n) is 4.16. The molecule has 0 bridgehead atoms. The van der Waals surface area contributed by atoms with E-state index in [-0.39, 0.29) is 30.4 Å². The van der Waals surface area contributed by atoms with Gasteiger partial charge >= 0.3 is 12.0 Å². The Balaban J connectivity index is 1.61. The molecule has 3 unspecified atom stereocenters. The van der Waals surface area contributed by atoms with E-state index in [1.807, 2.05) is 11.8 Å². The first-order valence-electron chi connectivity index (χ1n) is 10.0. The van der Waals surface area contributed by atoms with Crippen molar-refractivity contribution < 1.29 is 19.5 Å². The molecule has 2 aliphatic heterocycles. The normalized spacial score (nSPS) is 25.3. The second-order valence-electron chi connectivity index (χ2n) is 8.13. The number of likely N-dealkylation sites (tertiary alicyclic amines) is 2. The minimum Gasteiger partial charge on any atom is -0.481 e. The van der Waals surface area contributed by atoms with Crippen LogP contribution >= 0.6 is 0 Å². The summed E-state index contributed by atoms with van der Waals surface area (Å²) >= 11 is 0.